The summed E-state index contributed by atoms with van der Waals surface area (Å²) in [5.74, 6) is 0.337. The van der Waals surface area contributed by atoms with Crippen molar-refractivity contribution in [2.24, 2.45) is 0 Å². The Morgan fingerprint density at radius 1 is 0.535 bits per heavy atom. The molecular formula is C34H49NO8. The van der Waals surface area contributed by atoms with Crippen LogP contribution in [0.3, 0.4) is 0 Å². The quantitative estimate of drug-likeness (QED) is 0.106. The third-order valence-corrected chi connectivity index (χ3v) is 7.06. The van der Waals surface area contributed by atoms with Gasteiger partial charge in [0, 0.05) is 0 Å². The molecule has 9 heteroatoms. The summed E-state index contributed by atoms with van der Waals surface area (Å²) in [5, 5.41) is 0. The molecule has 0 saturated carbocycles. The van der Waals surface area contributed by atoms with Crippen LogP contribution in [0.25, 0.3) is 0 Å². The van der Waals surface area contributed by atoms with Crippen molar-refractivity contribution in [3.63, 3.8) is 0 Å². The molecule has 0 aliphatic carbocycles. The van der Waals surface area contributed by atoms with Gasteiger partial charge in [0.1, 0.15) is 12.4 Å². The first kappa shape index (κ1) is 34.7. The third-order valence-electron chi connectivity index (χ3n) is 7.06. The lowest BCUT2D eigenvalue weighted by Gasteiger charge is -2.13. The van der Waals surface area contributed by atoms with Gasteiger partial charge in [-0.15, -0.1) is 0 Å². The molecule has 2 aromatic rings. The summed E-state index contributed by atoms with van der Waals surface area (Å²) in [7, 11) is 0. The van der Waals surface area contributed by atoms with Gasteiger partial charge in [-0.05, 0) is 42.7 Å². The van der Waals surface area contributed by atoms with Crippen molar-refractivity contribution in [2.75, 3.05) is 79.2 Å². The first-order valence-electron chi connectivity index (χ1n) is 15.8. The number of fused-ring (bicyclic) bond motifs is 1. The zero-order chi connectivity index (χ0) is 30.4. The third kappa shape index (κ3) is 13.6. The highest BCUT2D eigenvalue weighted by Gasteiger charge is 2.34. The van der Waals surface area contributed by atoms with Gasteiger partial charge in [0.25, 0.3) is 11.8 Å². The number of carbonyl (C=O) groups excluding carboxylic acids is 2. The second-order valence-electron chi connectivity index (χ2n) is 10.4. The van der Waals surface area contributed by atoms with Gasteiger partial charge in [-0.25, -0.2) is 0 Å². The summed E-state index contributed by atoms with van der Waals surface area (Å²) < 4.78 is 33.3. The molecule has 0 saturated heterocycles. The minimum Gasteiger partial charge on any atom is -0.491 e. The van der Waals surface area contributed by atoms with Crippen LogP contribution in [-0.2, 0) is 30.1 Å². The molecule has 0 aromatic heterocycles. The van der Waals surface area contributed by atoms with Gasteiger partial charge < -0.3 is 28.4 Å². The van der Waals surface area contributed by atoms with E-state index in [4.69, 9.17) is 28.4 Å². The van der Waals surface area contributed by atoms with E-state index in [1.54, 1.807) is 24.3 Å². The van der Waals surface area contributed by atoms with Crippen LogP contribution in [0, 0.1) is 0 Å². The fraction of sp³-hybridized carbons (Fsp3) is 0.588. The number of hydrogen-bond donors (Lipinski definition) is 0. The highest BCUT2D eigenvalue weighted by molar-refractivity contribution is 6.21. The largest absolute Gasteiger partial charge is 0.491 e. The standard InChI is InChI=1S/C34H49NO8/c1-2-3-4-5-6-7-10-29-13-15-30(16-14-29)43-28-27-42-26-25-41-24-23-40-22-21-39-20-19-38-18-17-35-33(36)31-11-8-9-12-32(31)34(35)37/h8-9,11-16H,2-7,10,17-28H2,1H3. The number of unbranched alkanes of at least 4 members (excludes halogenated alkanes) is 5. The summed E-state index contributed by atoms with van der Waals surface area (Å²) in [4.78, 5) is 25.8. The topological polar surface area (TPSA) is 92.8 Å². The van der Waals surface area contributed by atoms with E-state index in [-0.39, 0.29) is 25.0 Å². The lowest BCUT2D eigenvalue weighted by Crippen LogP contribution is -2.33. The van der Waals surface area contributed by atoms with E-state index in [2.05, 4.69) is 19.1 Å². The molecule has 1 aliphatic rings. The number of amides is 2. The first-order chi connectivity index (χ1) is 21.2. The Bertz CT molecular complexity index is 1010. The molecule has 238 valence electrons. The fourth-order valence-corrected chi connectivity index (χ4v) is 4.66. The summed E-state index contributed by atoms with van der Waals surface area (Å²) in [5.41, 5.74) is 2.27. The molecule has 9 nitrogen and oxygen atoms in total. The van der Waals surface area contributed by atoms with E-state index in [0.29, 0.717) is 77.2 Å². The highest BCUT2D eigenvalue weighted by atomic mass is 16.6. The minimum atomic E-state index is -0.269. The van der Waals surface area contributed by atoms with E-state index < -0.39 is 0 Å². The Morgan fingerprint density at radius 3 is 1.53 bits per heavy atom. The number of aryl methyl sites for hydroxylation is 1. The van der Waals surface area contributed by atoms with Crippen LogP contribution in [0.5, 0.6) is 5.75 Å². The predicted octanol–water partition coefficient (Wildman–Crippen LogP) is 5.35. The molecule has 3 rings (SSSR count). The fourth-order valence-electron chi connectivity index (χ4n) is 4.66. The Labute approximate surface area is 256 Å². The predicted molar refractivity (Wildman–Crippen MR) is 165 cm³/mol. The lowest BCUT2D eigenvalue weighted by atomic mass is 10.0. The molecule has 2 amide bonds. The molecule has 0 unspecified atom stereocenters. The van der Waals surface area contributed by atoms with E-state index >= 15 is 0 Å². The Morgan fingerprint density at radius 2 is 1.00 bits per heavy atom. The number of imide groups is 1. The minimum absolute atomic E-state index is 0.224. The monoisotopic (exact) mass is 599 g/mol. The zero-order valence-electron chi connectivity index (χ0n) is 25.8. The van der Waals surface area contributed by atoms with Gasteiger partial charge in [0.05, 0.1) is 83.7 Å². The Hall–Kier alpha value is -2.82. The Balaban J connectivity index is 1.03. The second-order valence-corrected chi connectivity index (χ2v) is 10.4. The SMILES string of the molecule is CCCCCCCCc1ccc(OCCOCCOCCOCCOCCOCCN2C(=O)c3ccccc3C2=O)cc1. The van der Waals surface area contributed by atoms with Gasteiger partial charge >= 0.3 is 0 Å². The number of benzene rings is 2. The maximum Gasteiger partial charge on any atom is 0.261 e. The molecular weight excluding hydrogens is 550 g/mol. The van der Waals surface area contributed by atoms with Gasteiger partial charge in [0.2, 0.25) is 0 Å². The second kappa shape index (κ2) is 21.8. The summed E-state index contributed by atoms with van der Waals surface area (Å²) in [6.07, 6.45) is 9.05. The van der Waals surface area contributed by atoms with Crippen LogP contribution in [-0.4, -0.2) is 95.9 Å². The van der Waals surface area contributed by atoms with Gasteiger partial charge in [-0.3, -0.25) is 14.5 Å². The van der Waals surface area contributed by atoms with Crippen molar-refractivity contribution in [3.05, 3.63) is 65.2 Å². The van der Waals surface area contributed by atoms with Gasteiger partial charge in [-0.1, -0.05) is 63.3 Å². The lowest BCUT2D eigenvalue weighted by molar-refractivity contribution is -0.0133. The van der Waals surface area contributed by atoms with Crippen LogP contribution >= 0.6 is 0 Å². The van der Waals surface area contributed by atoms with Crippen molar-refractivity contribution < 1.29 is 38.0 Å². The first-order valence-corrected chi connectivity index (χ1v) is 15.8. The van der Waals surface area contributed by atoms with Crippen LogP contribution in [0.2, 0.25) is 0 Å². The van der Waals surface area contributed by atoms with Crippen molar-refractivity contribution in [2.45, 2.75) is 51.9 Å². The molecule has 0 spiro atoms. The summed E-state index contributed by atoms with van der Waals surface area (Å²) in [6.45, 7) is 7.47. The van der Waals surface area contributed by atoms with Crippen molar-refractivity contribution >= 4 is 11.8 Å². The smallest absolute Gasteiger partial charge is 0.261 e. The normalized spacial score (nSPS) is 12.7. The average molecular weight is 600 g/mol. The number of rotatable bonds is 26. The van der Waals surface area contributed by atoms with Crippen molar-refractivity contribution in [1.82, 2.24) is 4.90 Å². The van der Waals surface area contributed by atoms with E-state index in [1.807, 2.05) is 12.1 Å². The molecule has 43 heavy (non-hydrogen) atoms. The molecule has 2 aromatic carbocycles. The van der Waals surface area contributed by atoms with Crippen LogP contribution < -0.4 is 4.74 Å². The van der Waals surface area contributed by atoms with E-state index in [0.717, 1.165) is 12.2 Å². The van der Waals surface area contributed by atoms with Crippen LogP contribution in [0.15, 0.2) is 48.5 Å². The van der Waals surface area contributed by atoms with Crippen molar-refractivity contribution in [1.29, 1.82) is 0 Å². The molecule has 1 aliphatic heterocycles. The number of hydrogen-bond acceptors (Lipinski definition) is 8. The molecule has 0 radical (unpaired) electrons. The zero-order valence-corrected chi connectivity index (χ0v) is 25.8. The molecule has 1 heterocycles. The maximum absolute atomic E-state index is 12.3. The molecule has 0 atom stereocenters. The summed E-state index contributed by atoms with van der Waals surface area (Å²) >= 11 is 0. The van der Waals surface area contributed by atoms with Crippen LogP contribution in [0.1, 0.15) is 71.7 Å². The van der Waals surface area contributed by atoms with Crippen molar-refractivity contribution in [3.8, 4) is 5.75 Å². The van der Waals surface area contributed by atoms with Crippen LogP contribution in [0.4, 0.5) is 0 Å². The molecule has 0 fully saturated rings. The maximum atomic E-state index is 12.3. The average Bonchev–Trinajstić information content (AvgIpc) is 3.27. The van der Waals surface area contributed by atoms with E-state index in [9.17, 15) is 9.59 Å². The Kier molecular flexibility index (Phi) is 17.6. The van der Waals surface area contributed by atoms with Gasteiger partial charge in [0.15, 0.2) is 0 Å². The molecule has 0 N–H and O–H groups in total. The number of carbonyl (C=O) groups is 2. The van der Waals surface area contributed by atoms with Gasteiger partial charge in [-0.2, -0.15) is 0 Å². The summed E-state index contributed by atoms with van der Waals surface area (Å²) in [6, 6.07) is 15.2. The number of nitrogens with zero attached hydrogens (tertiary/aromatic N) is 1. The molecule has 0 bridgehead atoms. The van der Waals surface area contributed by atoms with E-state index in [1.165, 1.54) is 49.0 Å². The highest BCUT2D eigenvalue weighted by Crippen LogP contribution is 2.22. The number of ether oxygens (including phenoxy) is 6.